The normalized spacial score (nSPS) is 22.5. The molecule has 1 unspecified atom stereocenters. The molecule has 15 heavy (non-hydrogen) atoms. The third-order valence-electron chi connectivity index (χ3n) is 3.14. The molecule has 1 aliphatic rings. The molecule has 0 aromatic heterocycles. The highest BCUT2D eigenvalue weighted by molar-refractivity contribution is 5.66. The number of carbonyl (C=O) groups is 1. The summed E-state index contributed by atoms with van der Waals surface area (Å²) >= 11 is 0. The zero-order valence-corrected chi connectivity index (χ0v) is 9.78. The maximum absolute atomic E-state index is 10.4. The van der Waals surface area contributed by atoms with E-state index < -0.39 is 5.97 Å². The number of rotatable bonds is 6. The van der Waals surface area contributed by atoms with Crippen LogP contribution in [0.15, 0.2) is 0 Å². The van der Waals surface area contributed by atoms with Crippen LogP contribution in [-0.4, -0.2) is 60.1 Å². The van der Waals surface area contributed by atoms with Crippen LogP contribution in [0.1, 0.15) is 26.2 Å². The van der Waals surface area contributed by atoms with E-state index in [1.165, 1.54) is 19.4 Å². The second-order valence-corrected chi connectivity index (χ2v) is 4.33. The van der Waals surface area contributed by atoms with Crippen LogP contribution in [0.2, 0.25) is 0 Å². The summed E-state index contributed by atoms with van der Waals surface area (Å²) in [5, 5.41) is 8.58. The van der Waals surface area contributed by atoms with Crippen LogP contribution in [0, 0.1) is 0 Å². The van der Waals surface area contributed by atoms with Crippen LogP contribution in [0.25, 0.3) is 0 Å². The number of likely N-dealkylation sites (N-methyl/N-ethyl adjacent to an activating group) is 2. The summed E-state index contributed by atoms with van der Waals surface area (Å²) in [7, 11) is 2.01. The number of likely N-dealkylation sites (tertiary alicyclic amines) is 1. The Morgan fingerprint density at radius 1 is 1.60 bits per heavy atom. The zero-order chi connectivity index (χ0) is 11.3. The Hall–Kier alpha value is -0.610. The summed E-state index contributed by atoms with van der Waals surface area (Å²) < 4.78 is 0. The summed E-state index contributed by atoms with van der Waals surface area (Å²) in [6, 6.07) is 0.633. The maximum atomic E-state index is 10.4. The molecule has 0 aliphatic carbocycles. The van der Waals surface area contributed by atoms with Gasteiger partial charge in [0.1, 0.15) is 0 Å². The van der Waals surface area contributed by atoms with E-state index in [0.717, 1.165) is 13.1 Å². The summed E-state index contributed by atoms with van der Waals surface area (Å²) in [6.07, 6.45) is 2.78. The van der Waals surface area contributed by atoms with Gasteiger partial charge in [0.15, 0.2) is 0 Å². The van der Waals surface area contributed by atoms with Crippen LogP contribution in [0.5, 0.6) is 0 Å². The van der Waals surface area contributed by atoms with Crippen molar-refractivity contribution in [3.8, 4) is 0 Å². The third-order valence-corrected chi connectivity index (χ3v) is 3.14. The molecule has 1 atom stereocenters. The smallest absolute Gasteiger partial charge is 0.304 e. The van der Waals surface area contributed by atoms with E-state index in [1.807, 2.05) is 7.05 Å². The van der Waals surface area contributed by atoms with Gasteiger partial charge in [0, 0.05) is 19.1 Å². The summed E-state index contributed by atoms with van der Waals surface area (Å²) in [6.45, 7) is 6.16. The second kappa shape index (κ2) is 6.08. The van der Waals surface area contributed by atoms with Gasteiger partial charge in [-0.05, 0) is 33.0 Å². The van der Waals surface area contributed by atoms with Crippen LogP contribution < -0.4 is 0 Å². The lowest BCUT2D eigenvalue weighted by atomic mass is 10.2. The molecule has 1 rings (SSSR count). The number of carboxylic acid groups (broad SMARTS) is 1. The number of hydrogen-bond acceptors (Lipinski definition) is 3. The van der Waals surface area contributed by atoms with Crippen LogP contribution >= 0.6 is 0 Å². The minimum Gasteiger partial charge on any atom is -0.481 e. The fourth-order valence-corrected chi connectivity index (χ4v) is 2.26. The molecule has 0 spiro atoms. The molecule has 0 saturated carbocycles. The molecule has 1 saturated heterocycles. The van der Waals surface area contributed by atoms with Crippen molar-refractivity contribution in [3.05, 3.63) is 0 Å². The number of carboxylic acids is 1. The molecule has 0 amide bonds. The largest absolute Gasteiger partial charge is 0.481 e. The molecular formula is C11H22N2O2. The number of hydrogen-bond donors (Lipinski definition) is 1. The van der Waals surface area contributed by atoms with Crippen molar-refractivity contribution in [2.75, 3.05) is 33.2 Å². The maximum Gasteiger partial charge on any atom is 0.304 e. The van der Waals surface area contributed by atoms with Crippen molar-refractivity contribution >= 4 is 5.97 Å². The van der Waals surface area contributed by atoms with Crippen LogP contribution in [0.3, 0.4) is 0 Å². The van der Waals surface area contributed by atoms with E-state index in [1.54, 1.807) is 0 Å². The fourth-order valence-electron chi connectivity index (χ4n) is 2.26. The zero-order valence-electron chi connectivity index (χ0n) is 9.78. The first-order valence-corrected chi connectivity index (χ1v) is 5.78. The second-order valence-electron chi connectivity index (χ2n) is 4.33. The molecule has 4 heteroatoms. The molecule has 1 N–H and O–H groups in total. The number of nitrogens with zero attached hydrogens (tertiary/aromatic N) is 2. The van der Waals surface area contributed by atoms with Gasteiger partial charge >= 0.3 is 5.97 Å². The van der Waals surface area contributed by atoms with Gasteiger partial charge in [0.2, 0.25) is 0 Å². The summed E-state index contributed by atoms with van der Waals surface area (Å²) in [5.41, 5.74) is 0. The summed E-state index contributed by atoms with van der Waals surface area (Å²) in [5.74, 6) is -0.708. The Kier molecular flexibility index (Phi) is 5.05. The van der Waals surface area contributed by atoms with Gasteiger partial charge in [0.25, 0.3) is 0 Å². The molecule has 0 aromatic rings. The lowest BCUT2D eigenvalue weighted by Crippen LogP contribution is -2.39. The minimum atomic E-state index is -0.708. The van der Waals surface area contributed by atoms with E-state index in [9.17, 15) is 4.79 Å². The van der Waals surface area contributed by atoms with Gasteiger partial charge in [-0.25, -0.2) is 0 Å². The van der Waals surface area contributed by atoms with Crippen LogP contribution in [0.4, 0.5) is 0 Å². The Bertz CT molecular complexity index is 209. The topological polar surface area (TPSA) is 43.8 Å². The van der Waals surface area contributed by atoms with Crippen molar-refractivity contribution < 1.29 is 9.90 Å². The standard InChI is InChI=1S/C11H22N2O2/c1-3-13-7-4-5-10(13)9-12(2)8-6-11(14)15/h10H,3-9H2,1-2H3,(H,14,15). The third kappa shape index (κ3) is 4.18. The Morgan fingerprint density at radius 3 is 2.93 bits per heavy atom. The Morgan fingerprint density at radius 2 is 2.33 bits per heavy atom. The summed E-state index contributed by atoms with van der Waals surface area (Å²) in [4.78, 5) is 15.0. The van der Waals surface area contributed by atoms with Gasteiger partial charge in [-0.15, -0.1) is 0 Å². The minimum absolute atomic E-state index is 0.245. The quantitative estimate of drug-likeness (QED) is 0.713. The van der Waals surface area contributed by atoms with Gasteiger partial charge < -0.3 is 10.0 Å². The van der Waals surface area contributed by atoms with Gasteiger partial charge in [-0.2, -0.15) is 0 Å². The fraction of sp³-hybridized carbons (Fsp3) is 0.909. The predicted molar refractivity (Wildman–Crippen MR) is 60.0 cm³/mol. The van der Waals surface area contributed by atoms with E-state index >= 15 is 0 Å². The average Bonchev–Trinajstić information content (AvgIpc) is 2.62. The molecule has 0 radical (unpaired) electrons. The molecule has 1 fully saturated rings. The molecular weight excluding hydrogens is 192 g/mol. The molecule has 1 heterocycles. The Labute approximate surface area is 91.9 Å². The van der Waals surface area contributed by atoms with E-state index in [2.05, 4.69) is 16.7 Å². The number of aliphatic carboxylic acids is 1. The SMILES string of the molecule is CCN1CCCC1CN(C)CCC(=O)O. The highest BCUT2D eigenvalue weighted by Crippen LogP contribution is 2.17. The van der Waals surface area contributed by atoms with Crippen molar-refractivity contribution in [1.82, 2.24) is 9.80 Å². The van der Waals surface area contributed by atoms with E-state index in [4.69, 9.17) is 5.11 Å². The monoisotopic (exact) mass is 214 g/mol. The van der Waals surface area contributed by atoms with Crippen molar-refractivity contribution in [2.45, 2.75) is 32.2 Å². The highest BCUT2D eigenvalue weighted by atomic mass is 16.4. The van der Waals surface area contributed by atoms with Crippen molar-refractivity contribution in [2.24, 2.45) is 0 Å². The lowest BCUT2D eigenvalue weighted by molar-refractivity contribution is -0.137. The first-order chi connectivity index (χ1) is 7.13. The predicted octanol–water partition coefficient (Wildman–Crippen LogP) is 0.877. The highest BCUT2D eigenvalue weighted by Gasteiger charge is 2.23. The van der Waals surface area contributed by atoms with Crippen molar-refractivity contribution in [1.29, 1.82) is 0 Å². The molecule has 0 aromatic carbocycles. The first kappa shape index (κ1) is 12.5. The molecule has 4 nitrogen and oxygen atoms in total. The molecule has 0 bridgehead atoms. The van der Waals surface area contributed by atoms with E-state index in [0.29, 0.717) is 12.6 Å². The molecule has 88 valence electrons. The van der Waals surface area contributed by atoms with E-state index in [-0.39, 0.29) is 6.42 Å². The van der Waals surface area contributed by atoms with Gasteiger partial charge in [-0.3, -0.25) is 9.69 Å². The lowest BCUT2D eigenvalue weighted by Gasteiger charge is -2.27. The van der Waals surface area contributed by atoms with Gasteiger partial charge in [-0.1, -0.05) is 6.92 Å². The molecule has 1 aliphatic heterocycles. The Balaban J connectivity index is 2.24. The van der Waals surface area contributed by atoms with Crippen molar-refractivity contribution in [3.63, 3.8) is 0 Å². The average molecular weight is 214 g/mol. The van der Waals surface area contributed by atoms with Crippen LogP contribution in [-0.2, 0) is 4.79 Å². The van der Waals surface area contributed by atoms with Gasteiger partial charge in [0.05, 0.1) is 6.42 Å². The first-order valence-electron chi connectivity index (χ1n) is 5.78.